The molecule has 1 radical (unpaired) electrons. The lowest BCUT2D eigenvalue weighted by Crippen LogP contribution is -2.48. The number of benzene rings is 1. The first-order valence-electron chi connectivity index (χ1n) is 9.09. The summed E-state index contributed by atoms with van der Waals surface area (Å²) in [7, 11) is 1.92. The van der Waals surface area contributed by atoms with Crippen molar-refractivity contribution in [1.29, 1.82) is 0 Å². The highest BCUT2D eigenvalue weighted by Gasteiger charge is 2.46. The molecule has 1 aromatic rings. The van der Waals surface area contributed by atoms with Crippen molar-refractivity contribution < 1.29 is 14.8 Å². The van der Waals surface area contributed by atoms with E-state index in [1.165, 1.54) is 4.90 Å². The highest BCUT2D eigenvalue weighted by molar-refractivity contribution is 6.21. The van der Waals surface area contributed by atoms with Crippen LogP contribution in [0.2, 0.25) is 0 Å². The van der Waals surface area contributed by atoms with Gasteiger partial charge in [0.2, 0.25) is 0 Å². The summed E-state index contributed by atoms with van der Waals surface area (Å²) in [5.41, 5.74) is 6.89. The molecule has 145 valence electrons. The second kappa shape index (κ2) is 6.44. The number of anilines is 1. The molecule has 0 aromatic heterocycles. The molecule has 2 aliphatic heterocycles. The van der Waals surface area contributed by atoms with Gasteiger partial charge < -0.3 is 10.6 Å². The molecular weight excluding hydrogens is 344 g/mol. The summed E-state index contributed by atoms with van der Waals surface area (Å²) in [6.45, 7) is 9.06. The van der Waals surface area contributed by atoms with Crippen LogP contribution in [0.5, 0.6) is 0 Å². The van der Waals surface area contributed by atoms with Gasteiger partial charge in [0.1, 0.15) is 0 Å². The first-order chi connectivity index (χ1) is 12.4. The Hall–Kier alpha value is -2.22. The van der Waals surface area contributed by atoms with Crippen molar-refractivity contribution >= 4 is 17.5 Å². The molecular formula is C20H27N4O3. The van der Waals surface area contributed by atoms with Gasteiger partial charge in [-0.1, -0.05) is 6.08 Å². The van der Waals surface area contributed by atoms with Crippen molar-refractivity contribution in [3.63, 3.8) is 0 Å². The molecule has 1 aromatic carbocycles. The number of hydrogen-bond acceptors (Lipinski definition) is 5. The van der Waals surface area contributed by atoms with Crippen molar-refractivity contribution in [2.75, 3.05) is 32.4 Å². The lowest BCUT2D eigenvalue weighted by molar-refractivity contribution is -0.238. The number of carbonyl (C=O) groups is 2. The standard InChI is InChI=1S/C20H27N4O3/c1-19(2)11-13(20(3,4)24(19)27)12-22(5)8-9-23-17(25)15-7-6-14(21)10-16(15)18(23)26/h6-7,10-11H,8-9,12,21H2,1-5H3. The van der Waals surface area contributed by atoms with Gasteiger partial charge in [0.05, 0.1) is 22.2 Å². The van der Waals surface area contributed by atoms with Crippen LogP contribution in [0, 0.1) is 0 Å². The van der Waals surface area contributed by atoms with E-state index in [0.29, 0.717) is 36.4 Å². The average Bonchev–Trinajstić information content (AvgIpc) is 2.89. The number of nitrogens with zero attached hydrogens (tertiary/aromatic N) is 3. The van der Waals surface area contributed by atoms with E-state index < -0.39 is 11.1 Å². The monoisotopic (exact) mass is 371 g/mol. The molecule has 7 heteroatoms. The van der Waals surface area contributed by atoms with Crippen molar-refractivity contribution in [2.24, 2.45) is 0 Å². The molecule has 0 saturated heterocycles. The quantitative estimate of drug-likeness (QED) is 0.485. The van der Waals surface area contributed by atoms with Crippen LogP contribution < -0.4 is 5.73 Å². The van der Waals surface area contributed by atoms with Gasteiger partial charge in [0.25, 0.3) is 11.8 Å². The summed E-state index contributed by atoms with van der Waals surface area (Å²) in [4.78, 5) is 28.3. The number of hydroxylamine groups is 2. The zero-order valence-corrected chi connectivity index (χ0v) is 16.6. The lowest BCUT2D eigenvalue weighted by atomic mass is 9.96. The number of nitrogens with two attached hydrogens (primary N) is 1. The molecule has 0 bridgehead atoms. The Labute approximate surface area is 160 Å². The maximum absolute atomic E-state index is 12.5. The number of rotatable bonds is 5. The van der Waals surface area contributed by atoms with Gasteiger partial charge in [0, 0.05) is 25.3 Å². The predicted octanol–water partition coefficient (Wildman–Crippen LogP) is 1.94. The van der Waals surface area contributed by atoms with Crippen molar-refractivity contribution in [3.8, 4) is 0 Å². The van der Waals surface area contributed by atoms with E-state index >= 15 is 0 Å². The molecule has 0 unspecified atom stereocenters. The summed E-state index contributed by atoms with van der Waals surface area (Å²) in [6.07, 6.45) is 2.02. The summed E-state index contributed by atoms with van der Waals surface area (Å²) in [6, 6.07) is 4.78. The van der Waals surface area contributed by atoms with Crippen molar-refractivity contribution in [2.45, 2.75) is 38.8 Å². The SMILES string of the molecule is CN(CCN1C(=O)c2ccc(N)cc2C1=O)CC1=CC(C)(C)N([O])C1(C)C. The molecule has 0 atom stereocenters. The van der Waals surface area contributed by atoms with Gasteiger partial charge in [-0.3, -0.25) is 14.5 Å². The van der Waals surface area contributed by atoms with E-state index in [9.17, 15) is 14.8 Å². The Kier molecular flexibility index (Phi) is 4.66. The second-order valence-corrected chi connectivity index (χ2v) is 8.48. The molecule has 2 heterocycles. The van der Waals surface area contributed by atoms with E-state index in [2.05, 4.69) is 0 Å². The minimum Gasteiger partial charge on any atom is -0.399 e. The highest BCUT2D eigenvalue weighted by atomic mass is 16.5. The predicted molar refractivity (Wildman–Crippen MR) is 102 cm³/mol. The van der Waals surface area contributed by atoms with Crippen LogP contribution in [0.4, 0.5) is 5.69 Å². The van der Waals surface area contributed by atoms with Gasteiger partial charge in [-0.2, -0.15) is 0 Å². The fourth-order valence-corrected chi connectivity index (χ4v) is 3.90. The summed E-state index contributed by atoms with van der Waals surface area (Å²) in [5.74, 6) is -0.585. The topological polar surface area (TPSA) is 89.8 Å². The van der Waals surface area contributed by atoms with Crippen molar-refractivity contribution in [1.82, 2.24) is 14.9 Å². The number of hydrogen-bond donors (Lipinski definition) is 1. The van der Waals surface area contributed by atoms with Crippen LogP contribution in [-0.4, -0.2) is 64.4 Å². The fourth-order valence-electron chi connectivity index (χ4n) is 3.90. The van der Waals surface area contributed by atoms with Gasteiger partial charge in [0.15, 0.2) is 0 Å². The molecule has 0 aliphatic carbocycles. The van der Waals surface area contributed by atoms with Gasteiger partial charge >= 0.3 is 0 Å². The van der Waals surface area contributed by atoms with Crippen molar-refractivity contribution in [3.05, 3.63) is 41.0 Å². The lowest BCUT2D eigenvalue weighted by Gasteiger charge is -2.35. The molecule has 2 N–H and O–H groups in total. The molecule has 0 saturated carbocycles. The van der Waals surface area contributed by atoms with E-state index in [4.69, 9.17) is 5.73 Å². The smallest absolute Gasteiger partial charge is 0.261 e. The Morgan fingerprint density at radius 3 is 2.30 bits per heavy atom. The first kappa shape index (κ1) is 19.5. The van der Waals surface area contributed by atoms with E-state index in [-0.39, 0.29) is 11.8 Å². The molecule has 7 nitrogen and oxygen atoms in total. The zero-order chi connectivity index (χ0) is 20.1. The number of fused-ring (bicyclic) bond motifs is 1. The fraction of sp³-hybridized carbons (Fsp3) is 0.500. The third-order valence-electron chi connectivity index (χ3n) is 5.48. The van der Waals surface area contributed by atoms with Gasteiger partial charge in [-0.05, 0) is 58.5 Å². The Balaban J connectivity index is 1.65. The molecule has 2 amide bonds. The highest BCUT2D eigenvalue weighted by Crippen LogP contribution is 2.38. The second-order valence-electron chi connectivity index (χ2n) is 8.48. The molecule has 3 rings (SSSR count). The Bertz CT molecular complexity index is 829. The number of imide groups is 1. The molecule has 0 fully saturated rings. The van der Waals surface area contributed by atoms with Crippen LogP contribution in [0.25, 0.3) is 0 Å². The number of likely N-dealkylation sites (N-methyl/N-ethyl adjacent to an activating group) is 1. The van der Waals surface area contributed by atoms with Gasteiger partial charge in [-0.15, -0.1) is 10.3 Å². The van der Waals surface area contributed by atoms with E-state index in [1.807, 2.05) is 45.7 Å². The Morgan fingerprint density at radius 1 is 1.07 bits per heavy atom. The number of amides is 2. The minimum absolute atomic E-state index is 0.282. The minimum atomic E-state index is -0.579. The average molecular weight is 371 g/mol. The van der Waals surface area contributed by atoms with Crippen LogP contribution in [0.1, 0.15) is 48.4 Å². The summed E-state index contributed by atoms with van der Waals surface area (Å²) < 4.78 is 0. The number of nitrogen functional groups attached to an aromatic ring is 1. The third kappa shape index (κ3) is 3.26. The van der Waals surface area contributed by atoms with Crippen LogP contribution >= 0.6 is 0 Å². The normalized spacial score (nSPS) is 21.1. The van der Waals surface area contributed by atoms with Crippen LogP contribution in [0.3, 0.4) is 0 Å². The van der Waals surface area contributed by atoms with E-state index in [0.717, 1.165) is 10.6 Å². The van der Waals surface area contributed by atoms with Gasteiger partial charge in [-0.25, -0.2) is 0 Å². The largest absolute Gasteiger partial charge is 0.399 e. The molecule has 2 aliphatic rings. The Morgan fingerprint density at radius 2 is 1.70 bits per heavy atom. The summed E-state index contributed by atoms with van der Waals surface area (Å²) >= 11 is 0. The third-order valence-corrected chi connectivity index (χ3v) is 5.48. The zero-order valence-electron chi connectivity index (χ0n) is 16.6. The number of carbonyl (C=O) groups excluding carboxylic acids is 2. The van der Waals surface area contributed by atoms with E-state index in [1.54, 1.807) is 18.2 Å². The summed E-state index contributed by atoms with van der Waals surface area (Å²) in [5, 5.41) is 13.6. The maximum Gasteiger partial charge on any atom is 0.261 e. The molecule has 27 heavy (non-hydrogen) atoms. The maximum atomic E-state index is 12.5. The van der Waals surface area contributed by atoms with Crippen LogP contribution in [0.15, 0.2) is 29.8 Å². The first-order valence-corrected chi connectivity index (χ1v) is 9.09. The molecule has 0 spiro atoms. The van der Waals surface area contributed by atoms with Crippen LogP contribution in [-0.2, 0) is 5.21 Å².